The number of nitrogens with two attached hydrogens (primary N) is 1. The molecule has 1 fully saturated rings. The highest BCUT2D eigenvalue weighted by atomic mass is 16.5. The van der Waals surface area contributed by atoms with Crippen LogP contribution in [0.5, 0.6) is 5.75 Å². The number of hydrogen-bond donors (Lipinski definition) is 1. The molecule has 0 bridgehead atoms. The number of ether oxygens (including phenoxy) is 1. The molecule has 0 aliphatic heterocycles. The summed E-state index contributed by atoms with van der Waals surface area (Å²) in [4.78, 5) is 4.47. The third kappa shape index (κ3) is 5.47. The average Bonchev–Trinajstić information content (AvgIpc) is 3.41. The van der Waals surface area contributed by atoms with Crippen LogP contribution in [0.2, 0.25) is 0 Å². The second kappa shape index (κ2) is 8.52. The van der Waals surface area contributed by atoms with E-state index in [2.05, 4.69) is 60.3 Å². The molecular formula is C24H28N4O. The van der Waals surface area contributed by atoms with Gasteiger partial charge in [-0.2, -0.15) is 5.10 Å². The van der Waals surface area contributed by atoms with Gasteiger partial charge in [0.25, 0.3) is 0 Å². The van der Waals surface area contributed by atoms with Crippen molar-refractivity contribution in [1.82, 2.24) is 9.78 Å². The Hall–Kier alpha value is -3.08. The number of amidine groups is 1. The van der Waals surface area contributed by atoms with Gasteiger partial charge >= 0.3 is 0 Å². The molecule has 0 radical (unpaired) electrons. The molecule has 0 amide bonds. The number of rotatable bonds is 8. The Morgan fingerprint density at radius 2 is 1.76 bits per heavy atom. The molecule has 1 aromatic heterocycles. The van der Waals surface area contributed by atoms with Gasteiger partial charge in [0, 0.05) is 18.7 Å². The van der Waals surface area contributed by atoms with Crippen molar-refractivity contribution in [1.29, 1.82) is 0 Å². The molecule has 2 aromatic carbocycles. The fourth-order valence-corrected chi connectivity index (χ4v) is 3.15. The molecule has 29 heavy (non-hydrogen) atoms. The van der Waals surface area contributed by atoms with Gasteiger partial charge in [0.2, 0.25) is 0 Å². The molecule has 5 heteroatoms. The van der Waals surface area contributed by atoms with Crippen molar-refractivity contribution in [3.05, 3.63) is 77.5 Å². The number of hydrogen-bond acceptors (Lipinski definition) is 3. The second-order valence-corrected chi connectivity index (χ2v) is 8.01. The van der Waals surface area contributed by atoms with Crippen LogP contribution in [-0.4, -0.2) is 21.7 Å². The molecule has 2 N–H and O–H groups in total. The molecule has 1 aliphatic carbocycles. The quantitative estimate of drug-likeness (QED) is 0.444. The van der Waals surface area contributed by atoms with Gasteiger partial charge in [-0.05, 0) is 47.6 Å². The summed E-state index contributed by atoms with van der Waals surface area (Å²) in [6.07, 6.45) is 5.31. The molecule has 0 unspecified atom stereocenters. The Balaban J connectivity index is 1.35. The van der Waals surface area contributed by atoms with Gasteiger partial charge in [-0.15, -0.1) is 0 Å². The molecule has 0 spiro atoms. The van der Waals surface area contributed by atoms with E-state index in [4.69, 9.17) is 10.5 Å². The van der Waals surface area contributed by atoms with Crippen molar-refractivity contribution in [2.75, 3.05) is 0 Å². The van der Waals surface area contributed by atoms with E-state index in [0.29, 0.717) is 36.6 Å². The van der Waals surface area contributed by atoms with Crippen molar-refractivity contribution in [2.24, 2.45) is 10.7 Å². The van der Waals surface area contributed by atoms with Crippen LogP contribution in [-0.2, 0) is 13.0 Å². The van der Waals surface area contributed by atoms with Crippen molar-refractivity contribution >= 4 is 11.7 Å². The molecule has 150 valence electrons. The van der Waals surface area contributed by atoms with Gasteiger partial charge in [0.15, 0.2) is 5.82 Å². The van der Waals surface area contributed by atoms with Crippen molar-refractivity contribution < 1.29 is 4.74 Å². The fourth-order valence-electron chi connectivity index (χ4n) is 3.15. The molecule has 1 heterocycles. The lowest BCUT2D eigenvalue weighted by molar-refractivity contribution is 0.303. The van der Waals surface area contributed by atoms with E-state index < -0.39 is 0 Å². The molecule has 0 atom stereocenters. The Morgan fingerprint density at radius 3 is 2.41 bits per heavy atom. The van der Waals surface area contributed by atoms with Crippen LogP contribution in [0, 0.1) is 0 Å². The van der Waals surface area contributed by atoms with Crippen molar-refractivity contribution in [2.45, 2.75) is 51.7 Å². The van der Waals surface area contributed by atoms with Gasteiger partial charge in [0.1, 0.15) is 11.6 Å². The summed E-state index contributed by atoms with van der Waals surface area (Å²) >= 11 is 0. The maximum atomic E-state index is 6.15. The summed E-state index contributed by atoms with van der Waals surface area (Å²) in [5.74, 6) is 2.67. The topological polar surface area (TPSA) is 65.4 Å². The third-order valence-corrected chi connectivity index (χ3v) is 5.01. The lowest BCUT2D eigenvalue weighted by Crippen LogP contribution is -2.14. The molecular weight excluding hydrogens is 360 g/mol. The molecule has 1 saturated carbocycles. The zero-order valence-electron chi connectivity index (χ0n) is 17.1. The first kappa shape index (κ1) is 19.2. The van der Waals surface area contributed by atoms with Gasteiger partial charge in [-0.3, -0.25) is 4.68 Å². The van der Waals surface area contributed by atoms with Gasteiger partial charge < -0.3 is 10.5 Å². The Kier molecular flexibility index (Phi) is 5.65. The average molecular weight is 389 g/mol. The van der Waals surface area contributed by atoms with E-state index in [-0.39, 0.29) is 0 Å². The summed E-state index contributed by atoms with van der Waals surface area (Å²) in [6, 6.07) is 18.7. The number of benzene rings is 2. The van der Waals surface area contributed by atoms with Crippen LogP contribution >= 0.6 is 0 Å². The summed E-state index contributed by atoms with van der Waals surface area (Å²) in [6.45, 7) is 5.07. The molecule has 1 aliphatic rings. The minimum Gasteiger partial charge on any atom is -0.490 e. The van der Waals surface area contributed by atoms with E-state index in [9.17, 15) is 0 Å². The van der Waals surface area contributed by atoms with Gasteiger partial charge in [0.05, 0.1) is 12.6 Å². The maximum Gasteiger partial charge on any atom is 0.175 e. The first-order valence-electron chi connectivity index (χ1n) is 10.3. The van der Waals surface area contributed by atoms with E-state index in [1.54, 1.807) is 0 Å². The van der Waals surface area contributed by atoms with Crippen molar-refractivity contribution in [3.8, 4) is 5.75 Å². The number of aromatic nitrogens is 2. The third-order valence-electron chi connectivity index (χ3n) is 5.01. The minimum absolute atomic E-state index is 0.422. The Morgan fingerprint density at radius 1 is 1.07 bits per heavy atom. The smallest absolute Gasteiger partial charge is 0.175 e. The summed E-state index contributed by atoms with van der Waals surface area (Å²) < 4.78 is 7.67. The molecule has 4 rings (SSSR count). The second-order valence-electron chi connectivity index (χ2n) is 8.01. The monoisotopic (exact) mass is 388 g/mol. The van der Waals surface area contributed by atoms with Crippen LogP contribution < -0.4 is 10.5 Å². The highest BCUT2D eigenvalue weighted by Gasteiger charge is 2.23. The number of aliphatic imine (C=N–C) groups is 1. The lowest BCUT2D eigenvalue weighted by atomic mass is 10.0. The molecule has 0 saturated heterocycles. The fraction of sp³-hybridized carbons (Fsp3) is 0.333. The summed E-state index contributed by atoms with van der Waals surface area (Å²) in [5.41, 5.74) is 9.80. The minimum atomic E-state index is 0.422. The lowest BCUT2D eigenvalue weighted by Gasteiger charge is -2.07. The first-order valence-corrected chi connectivity index (χ1v) is 10.3. The Bertz CT molecular complexity index is 967. The SMILES string of the molecule is CC(C)c1ccc(CC(N)=Nc2ccn(Cc3ccc(OC4CC4)cc3)n2)cc1. The van der Waals surface area contributed by atoms with E-state index >= 15 is 0 Å². The maximum absolute atomic E-state index is 6.15. The largest absolute Gasteiger partial charge is 0.490 e. The zero-order valence-corrected chi connectivity index (χ0v) is 17.1. The normalized spacial score (nSPS) is 14.4. The highest BCUT2D eigenvalue weighted by molar-refractivity contribution is 5.84. The van der Waals surface area contributed by atoms with E-state index in [1.165, 1.54) is 24.0 Å². The van der Waals surface area contributed by atoms with Crippen LogP contribution in [0.4, 0.5) is 5.82 Å². The standard InChI is InChI=1S/C24H28N4O/c1-17(2)20-7-3-18(4-8-20)15-23(25)26-24-13-14-28(27-24)16-19-5-9-21(10-6-19)29-22-11-12-22/h3-10,13-14,17,22H,11-12,15-16H2,1-2H3,(H2,25,26,27). The van der Waals surface area contributed by atoms with Gasteiger partial charge in [-0.25, -0.2) is 4.99 Å². The Labute approximate surface area is 172 Å². The number of nitrogens with zero attached hydrogens (tertiary/aromatic N) is 3. The zero-order chi connectivity index (χ0) is 20.2. The predicted molar refractivity (Wildman–Crippen MR) is 117 cm³/mol. The van der Waals surface area contributed by atoms with Crippen LogP contribution in [0.25, 0.3) is 0 Å². The summed E-state index contributed by atoms with van der Waals surface area (Å²) in [7, 11) is 0. The molecule has 5 nitrogen and oxygen atoms in total. The van der Waals surface area contributed by atoms with Gasteiger partial charge in [-0.1, -0.05) is 50.2 Å². The van der Waals surface area contributed by atoms with Crippen LogP contribution in [0.15, 0.2) is 65.8 Å². The van der Waals surface area contributed by atoms with Crippen LogP contribution in [0.1, 0.15) is 49.3 Å². The summed E-state index contributed by atoms with van der Waals surface area (Å²) in [5, 5.41) is 4.52. The van der Waals surface area contributed by atoms with E-state index in [0.717, 1.165) is 11.3 Å². The van der Waals surface area contributed by atoms with E-state index in [1.807, 2.05) is 29.1 Å². The highest BCUT2D eigenvalue weighted by Crippen LogP contribution is 2.26. The first-order chi connectivity index (χ1) is 14.0. The molecule has 3 aromatic rings. The van der Waals surface area contributed by atoms with Crippen LogP contribution in [0.3, 0.4) is 0 Å². The predicted octanol–water partition coefficient (Wildman–Crippen LogP) is 4.83. The van der Waals surface area contributed by atoms with Crippen molar-refractivity contribution in [3.63, 3.8) is 0 Å².